The Kier molecular flexibility index (Phi) is 4.37. The first-order chi connectivity index (χ1) is 10.7. The molecule has 1 heterocycles. The van der Waals surface area contributed by atoms with Gasteiger partial charge in [0.2, 0.25) is 0 Å². The highest BCUT2D eigenvalue weighted by molar-refractivity contribution is 5.65. The summed E-state index contributed by atoms with van der Waals surface area (Å²) >= 11 is 0. The number of nitrogens with zero attached hydrogens (tertiary/aromatic N) is 4. The van der Waals surface area contributed by atoms with E-state index in [1.54, 1.807) is 17.6 Å². The molecule has 1 aliphatic rings. The zero-order valence-electron chi connectivity index (χ0n) is 12.4. The van der Waals surface area contributed by atoms with E-state index in [1.165, 1.54) is 0 Å². The fraction of sp³-hybridized carbons (Fsp3) is 0.438. The third-order valence-corrected chi connectivity index (χ3v) is 4.36. The minimum absolute atomic E-state index is 0.0406. The average molecular weight is 300 g/mol. The second-order valence-electron chi connectivity index (χ2n) is 5.78. The second-order valence-corrected chi connectivity index (χ2v) is 5.78. The molecule has 2 atom stereocenters. The number of rotatable bonds is 4. The van der Waals surface area contributed by atoms with Gasteiger partial charge in [-0.05, 0) is 31.2 Å². The van der Waals surface area contributed by atoms with Crippen molar-refractivity contribution in [3.8, 4) is 0 Å². The molecule has 0 aliphatic heterocycles. The van der Waals surface area contributed by atoms with Crippen molar-refractivity contribution in [1.82, 2.24) is 19.7 Å². The smallest absolute Gasteiger partial charge is 0.407 e. The first kappa shape index (κ1) is 14.6. The third kappa shape index (κ3) is 3.27. The number of aromatic nitrogens is 3. The number of carbonyl (C=O) groups is 1. The van der Waals surface area contributed by atoms with Crippen molar-refractivity contribution < 1.29 is 9.90 Å². The molecule has 0 spiro atoms. The molecule has 6 nitrogen and oxygen atoms in total. The lowest BCUT2D eigenvalue weighted by molar-refractivity contribution is 0.0969. The van der Waals surface area contributed by atoms with Gasteiger partial charge in [0, 0.05) is 18.6 Å². The van der Waals surface area contributed by atoms with Gasteiger partial charge >= 0.3 is 6.09 Å². The van der Waals surface area contributed by atoms with Crippen molar-refractivity contribution in [2.45, 2.75) is 44.3 Å². The second kappa shape index (κ2) is 6.60. The predicted octanol–water partition coefficient (Wildman–Crippen LogP) is 2.94. The quantitative estimate of drug-likeness (QED) is 0.942. The monoisotopic (exact) mass is 300 g/mol. The van der Waals surface area contributed by atoms with Crippen LogP contribution in [0.3, 0.4) is 0 Å². The molecule has 0 radical (unpaired) electrons. The number of benzene rings is 1. The van der Waals surface area contributed by atoms with Gasteiger partial charge in [-0.3, -0.25) is 0 Å². The Morgan fingerprint density at radius 2 is 1.95 bits per heavy atom. The van der Waals surface area contributed by atoms with E-state index in [1.807, 2.05) is 34.9 Å². The molecule has 1 fully saturated rings. The maximum atomic E-state index is 11.7. The lowest BCUT2D eigenvalue weighted by Crippen LogP contribution is -2.42. The molecule has 1 saturated carbocycles. The molecular formula is C16H20N4O2. The molecule has 0 saturated heterocycles. The van der Waals surface area contributed by atoms with E-state index in [9.17, 15) is 9.90 Å². The van der Waals surface area contributed by atoms with E-state index in [0.29, 0.717) is 6.54 Å². The topological polar surface area (TPSA) is 71.2 Å². The molecule has 1 aliphatic carbocycles. The van der Waals surface area contributed by atoms with Crippen LogP contribution in [0.4, 0.5) is 4.79 Å². The van der Waals surface area contributed by atoms with Crippen LogP contribution in [-0.4, -0.2) is 36.9 Å². The van der Waals surface area contributed by atoms with Crippen LogP contribution in [0.2, 0.25) is 0 Å². The predicted molar refractivity (Wildman–Crippen MR) is 81.3 cm³/mol. The van der Waals surface area contributed by atoms with Crippen LogP contribution in [0, 0.1) is 0 Å². The first-order valence-electron chi connectivity index (χ1n) is 7.61. The number of hydrogen-bond acceptors (Lipinski definition) is 3. The van der Waals surface area contributed by atoms with Crippen molar-refractivity contribution in [2.24, 2.45) is 0 Å². The summed E-state index contributed by atoms with van der Waals surface area (Å²) in [6, 6.07) is 10.1. The SMILES string of the molecule is O=C(O)N(Cc1ccccc1)[C@@H]1CCC[C@H](n2cnnc2)C1. The van der Waals surface area contributed by atoms with Crippen molar-refractivity contribution in [2.75, 3.05) is 0 Å². The Morgan fingerprint density at radius 3 is 2.64 bits per heavy atom. The molecule has 1 N–H and O–H groups in total. The Morgan fingerprint density at radius 1 is 1.23 bits per heavy atom. The van der Waals surface area contributed by atoms with Gasteiger partial charge in [-0.1, -0.05) is 30.3 Å². The summed E-state index contributed by atoms with van der Waals surface area (Å²) < 4.78 is 1.99. The average Bonchev–Trinajstić information content (AvgIpc) is 3.08. The maximum Gasteiger partial charge on any atom is 0.407 e. The molecule has 0 unspecified atom stereocenters. The zero-order chi connectivity index (χ0) is 15.4. The van der Waals surface area contributed by atoms with E-state index in [-0.39, 0.29) is 12.1 Å². The van der Waals surface area contributed by atoms with Gasteiger partial charge in [-0.2, -0.15) is 0 Å². The minimum atomic E-state index is -0.849. The van der Waals surface area contributed by atoms with E-state index in [2.05, 4.69) is 10.2 Å². The van der Waals surface area contributed by atoms with Crippen LogP contribution in [0.15, 0.2) is 43.0 Å². The molecule has 22 heavy (non-hydrogen) atoms. The van der Waals surface area contributed by atoms with Crippen molar-refractivity contribution in [1.29, 1.82) is 0 Å². The number of hydrogen-bond donors (Lipinski definition) is 1. The van der Waals surface area contributed by atoms with Gasteiger partial charge < -0.3 is 14.6 Å². The lowest BCUT2D eigenvalue weighted by Gasteiger charge is -2.36. The minimum Gasteiger partial charge on any atom is -0.465 e. The fourth-order valence-electron chi connectivity index (χ4n) is 3.22. The van der Waals surface area contributed by atoms with Gasteiger partial charge in [-0.15, -0.1) is 10.2 Å². The highest BCUT2D eigenvalue weighted by Gasteiger charge is 2.30. The summed E-state index contributed by atoms with van der Waals surface area (Å²) in [5.74, 6) is 0. The van der Waals surface area contributed by atoms with Gasteiger partial charge in [0.1, 0.15) is 12.7 Å². The van der Waals surface area contributed by atoms with Gasteiger partial charge in [0.15, 0.2) is 0 Å². The van der Waals surface area contributed by atoms with Crippen molar-refractivity contribution >= 4 is 6.09 Å². The van der Waals surface area contributed by atoms with Gasteiger partial charge in [-0.25, -0.2) is 4.79 Å². The van der Waals surface area contributed by atoms with E-state index in [0.717, 1.165) is 31.2 Å². The summed E-state index contributed by atoms with van der Waals surface area (Å²) in [6.07, 6.45) is 6.39. The van der Waals surface area contributed by atoms with Crippen LogP contribution in [0.1, 0.15) is 37.3 Å². The summed E-state index contributed by atoms with van der Waals surface area (Å²) in [6.45, 7) is 0.440. The van der Waals surface area contributed by atoms with E-state index in [4.69, 9.17) is 0 Å². The van der Waals surface area contributed by atoms with Crippen molar-refractivity contribution in [3.63, 3.8) is 0 Å². The molecular weight excluding hydrogens is 280 g/mol. The zero-order valence-corrected chi connectivity index (χ0v) is 12.4. The Balaban J connectivity index is 1.72. The number of carboxylic acid groups (broad SMARTS) is 1. The molecule has 3 rings (SSSR count). The maximum absolute atomic E-state index is 11.7. The largest absolute Gasteiger partial charge is 0.465 e. The fourth-order valence-corrected chi connectivity index (χ4v) is 3.22. The lowest BCUT2D eigenvalue weighted by atomic mass is 9.89. The summed E-state index contributed by atoms with van der Waals surface area (Å²) in [5, 5.41) is 17.3. The molecule has 1 amide bonds. The normalized spacial score (nSPS) is 21.5. The Bertz CT molecular complexity index is 600. The molecule has 116 valence electrons. The summed E-state index contributed by atoms with van der Waals surface area (Å²) in [5.41, 5.74) is 1.02. The van der Waals surface area contributed by atoms with Crippen LogP contribution >= 0.6 is 0 Å². The van der Waals surface area contributed by atoms with Crippen LogP contribution in [-0.2, 0) is 6.54 Å². The molecule has 2 aromatic rings. The van der Waals surface area contributed by atoms with Gasteiger partial charge in [0.25, 0.3) is 0 Å². The van der Waals surface area contributed by atoms with Crippen LogP contribution in [0.25, 0.3) is 0 Å². The molecule has 0 bridgehead atoms. The van der Waals surface area contributed by atoms with Crippen LogP contribution < -0.4 is 0 Å². The van der Waals surface area contributed by atoms with Crippen molar-refractivity contribution in [3.05, 3.63) is 48.5 Å². The van der Waals surface area contributed by atoms with E-state index < -0.39 is 6.09 Å². The molecule has 1 aromatic heterocycles. The summed E-state index contributed by atoms with van der Waals surface area (Å²) in [4.78, 5) is 13.3. The number of amides is 1. The third-order valence-electron chi connectivity index (χ3n) is 4.36. The van der Waals surface area contributed by atoms with Crippen LogP contribution in [0.5, 0.6) is 0 Å². The highest BCUT2D eigenvalue weighted by atomic mass is 16.4. The Labute approximate surface area is 129 Å². The standard InChI is InChI=1S/C16H20N4O2/c21-16(22)20(10-13-5-2-1-3-6-13)15-8-4-7-14(9-15)19-11-17-18-12-19/h1-3,5-6,11-12,14-15H,4,7-10H2,(H,21,22)/t14-,15+/m0/s1. The first-order valence-corrected chi connectivity index (χ1v) is 7.61. The van der Waals surface area contributed by atoms with Gasteiger partial charge in [0.05, 0.1) is 0 Å². The highest BCUT2D eigenvalue weighted by Crippen LogP contribution is 2.31. The van der Waals surface area contributed by atoms with E-state index >= 15 is 0 Å². The Hall–Kier alpha value is -2.37. The molecule has 6 heteroatoms. The summed E-state index contributed by atoms with van der Waals surface area (Å²) in [7, 11) is 0. The molecule has 1 aromatic carbocycles.